The standard InChI is InChI=1S/C6H12O7.Al.Na.4H2O/c7-1-2(8)3(9)4(10)5(11)6(12)13;;;;;;/h2-5,7-11H,1H2,(H,12,13);;;4*1H2/q;+3;+1;;;;/p-3/t2-,3-,4+,5-;;;;;;/m1....../s1. The van der Waals surface area contributed by atoms with Crippen molar-refractivity contribution >= 4 is 23.3 Å². The molecule has 0 radical (unpaired) electrons. The van der Waals surface area contributed by atoms with Crippen molar-refractivity contribution in [2.24, 2.45) is 0 Å². The van der Waals surface area contributed by atoms with Gasteiger partial charge in [-0.2, -0.15) is 0 Å². The summed E-state index contributed by atoms with van der Waals surface area (Å²) in [4.78, 5) is 9.98. The third-order valence-corrected chi connectivity index (χ3v) is 1.50. The average molecular weight is 315 g/mol. The van der Waals surface area contributed by atoms with Crippen LogP contribution < -0.4 is 34.7 Å². The molecule has 0 saturated carbocycles. The Balaban J connectivity index is -0.0000000480. The minimum atomic E-state index is -2.31. The predicted molar refractivity (Wildman–Crippen MR) is 53.0 cm³/mol. The van der Waals surface area contributed by atoms with Gasteiger partial charge in [-0.25, -0.2) is 0 Å². The molecule has 19 heavy (non-hydrogen) atoms. The molecule has 13 heteroatoms. The molecule has 0 spiro atoms. The Labute approximate surface area is 141 Å². The smallest absolute Gasteiger partial charge is 0.870 e. The quantitative estimate of drug-likeness (QED) is 0.301. The van der Waals surface area contributed by atoms with Crippen LogP contribution in [-0.2, 0) is 4.79 Å². The first-order chi connectivity index (χ1) is 5.91. The van der Waals surface area contributed by atoms with Crippen LogP contribution in [0.25, 0.3) is 0 Å². The van der Waals surface area contributed by atoms with Crippen LogP contribution in [0.2, 0.25) is 0 Å². The van der Waals surface area contributed by atoms with Gasteiger partial charge >= 0.3 is 46.9 Å². The molecule has 0 bridgehead atoms. The summed E-state index contributed by atoms with van der Waals surface area (Å²) >= 11 is 0. The van der Waals surface area contributed by atoms with Gasteiger partial charge in [-0.3, -0.25) is 0 Å². The van der Waals surface area contributed by atoms with Gasteiger partial charge < -0.3 is 57.3 Å². The van der Waals surface area contributed by atoms with Gasteiger partial charge in [0, 0.05) is 0 Å². The van der Waals surface area contributed by atoms with E-state index in [0.717, 1.165) is 0 Å². The summed E-state index contributed by atoms with van der Waals surface area (Å²) in [5, 5.41) is 53.4. The van der Waals surface area contributed by atoms with Crippen LogP contribution in [-0.4, -0.2) is 102 Å². The Kier molecular flexibility index (Phi) is 47.1. The van der Waals surface area contributed by atoms with E-state index >= 15 is 0 Å². The van der Waals surface area contributed by atoms with E-state index in [0.29, 0.717) is 0 Å². The summed E-state index contributed by atoms with van der Waals surface area (Å²) in [7, 11) is 0. The fourth-order valence-electron chi connectivity index (χ4n) is 0.662. The third-order valence-electron chi connectivity index (χ3n) is 1.50. The first-order valence-electron chi connectivity index (χ1n) is 3.45. The summed E-state index contributed by atoms with van der Waals surface area (Å²) in [6.07, 6.45) is -8.08. The minimum Gasteiger partial charge on any atom is -0.870 e. The zero-order valence-corrected chi connectivity index (χ0v) is 13.2. The van der Waals surface area contributed by atoms with Crippen molar-refractivity contribution < 1.29 is 86.9 Å². The number of hydrogen-bond acceptors (Lipinski definition) is 9. The number of rotatable bonds is 5. The number of carboxylic acid groups (broad SMARTS) is 1. The van der Waals surface area contributed by atoms with E-state index in [-0.39, 0.29) is 68.8 Å². The monoisotopic (exact) mass is 315 g/mol. The topological polar surface area (TPSA) is 264 Å². The summed E-state index contributed by atoms with van der Waals surface area (Å²) in [6.45, 7) is -0.863. The van der Waals surface area contributed by atoms with Gasteiger partial charge in [-0.05, 0) is 0 Å². The Bertz CT molecular complexity index is 185. The maximum Gasteiger partial charge on any atom is 3.00 e. The van der Waals surface area contributed by atoms with Gasteiger partial charge in [0.2, 0.25) is 0 Å². The molecule has 0 aromatic rings. The molecular formula is C6H17AlNaO11+. The van der Waals surface area contributed by atoms with Crippen molar-refractivity contribution in [1.29, 1.82) is 0 Å². The summed E-state index contributed by atoms with van der Waals surface area (Å²) < 4.78 is 0. The first kappa shape index (κ1) is 42.7. The van der Waals surface area contributed by atoms with E-state index in [2.05, 4.69) is 0 Å². The second-order valence-corrected chi connectivity index (χ2v) is 2.49. The number of aliphatic hydroxyl groups excluding tert-OH is 5. The van der Waals surface area contributed by atoms with Crippen LogP contribution in [0.5, 0.6) is 0 Å². The van der Waals surface area contributed by atoms with E-state index in [4.69, 9.17) is 25.5 Å². The van der Waals surface area contributed by atoms with Crippen LogP contribution in [0.1, 0.15) is 0 Å². The van der Waals surface area contributed by atoms with Crippen LogP contribution in [0, 0.1) is 0 Å². The zero-order chi connectivity index (χ0) is 10.6. The SMILES string of the molecule is O.O.O=C([O-])[C@H](O)[C@@H](O)[C@H](O)[C@H](O)CO.[Al+3].[Na+].[OH-].[OH-]. The molecular weight excluding hydrogens is 298 g/mol. The van der Waals surface area contributed by atoms with Crippen LogP contribution in [0.15, 0.2) is 0 Å². The fraction of sp³-hybridized carbons (Fsp3) is 0.833. The predicted octanol–water partition coefficient (Wildman–Crippen LogP) is -10.2. The molecule has 0 aliphatic heterocycles. The van der Waals surface area contributed by atoms with Gasteiger partial charge in [-0.15, -0.1) is 0 Å². The number of aliphatic carboxylic acids is 1. The molecule has 0 heterocycles. The van der Waals surface area contributed by atoms with Gasteiger partial charge in [0.1, 0.15) is 24.4 Å². The zero-order valence-electron chi connectivity index (χ0n) is 10.0. The molecule has 0 fully saturated rings. The Morgan fingerprint density at radius 1 is 1.00 bits per heavy atom. The molecule has 0 aliphatic carbocycles. The van der Waals surface area contributed by atoms with Crippen molar-refractivity contribution in [1.82, 2.24) is 0 Å². The number of carboxylic acids is 1. The summed E-state index contributed by atoms with van der Waals surface area (Å²) in [6, 6.07) is 0. The van der Waals surface area contributed by atoms with Crippen molar-refractivity contribution in [3.8, 4) is 0 Å². The molecule has 0 rings (SSSR count). The van der Waals surface area contributed by atoms with Crippen LogP contribution in [0.3, 0.4) is 0 Å². The molecule has 4 atom stereocenters. The molecule has 11 N–H and O–H groups in total. The van der Waals surface area contributed by atoms with Crippen molar-refractivity contribution in [2.45, 2.75) is 24.4 Å². The van der Waals surface area contributed by atoms with E-state index in [1.54, 1.807) is 0 Å². The molecule has 0 amide bonds. The number of carbonyl (C=O) groups excluding carboxylic acids is 1. The Morgan fingerprint density at radius 2 is 1.32 bits per heavy atom. The fourth-order valence-corrected chi connectivity index (χ4v) is 0.662. The maximum absolute atomic E-state index is 9.98. The van der Waals surface area contributed by atoms with Crippen molar-refractivity contribution in [2.75, 3.05) is 6.61 Å². The van der Waals surface area contributed by atoms with E-state index in [1.807, 2.05) is 0 Å². The minimum absolute atomic E-state index is 0. The van der Waals surface area contributed by atoms with Gasteiger partial charge in [0.25, 0.3) is 0 Å². The van der Waals surface area contributed by atoms with Crippen LogP contribution >= 0.6 is 0 Å². The first-order valence-corrected chi connectivity index (χ1v) is 3.45. The largest absolute Gasteiger partial charge is 3.00 e. The molecule has 110 valence electrons. The molecule has 11 nitrogen and oxygen atoms in total. The van der Waals surface area contributed by atoms with Gasteiger partial charge in [0.15, 0.2) is 0 Å². The summed E-state index contributed by atoms with van der Waals surface area (Å²) in [5.74, 6) is -1.98. The number of hydrogen-bond donors (Lipinski definition) is 5. The number of aliphatic hydroxyl groups is 5. The van der Waals surface area contributed by atoms with Crippen molar-refractivity contribution in [3.63, 3.8) is 0 Å². The van der Waals surface area contributed by atoms with Gasteiger partial charge in [-0.1, -0.05) is 0 Å². The van der Waals surface area contributed by atoms with Crippen LogP contribution in [0.4, 0.5) is 0 Å². The molecule has 0 unspecified atom stereocenters. The molecule has 0 aromatic heterocycles. The van der Waals surface area contributed by atoms with E-state index in [9.17, 15) is 9.90 Å². The molecule has 0 aromatic carbocycles. The average Bonchev–Trinajstić information content (AvgIpc) is 2.12. The second kappa shape index (κ2) is 21.0. The van der Waals surface area contributed by atoms with Gasteiger partial charge in [0.05, 0.1) is 12.6 Å². The van der Waals surface area contributed by atoms with E-state index < -0.39 is 37.0 Å². The normalized spacial score (nSPS) is 13.9. The summed E-state index contributed by atoms with van der Waals surface area (Å²) in [5.41, 5.74) is 0. The maximum atomic E-state index is 9.98. The van der Waals surface area contributed by atoms with E-state index in [1.165, 1.54) is 0 Å². The number of carbonyl (C=O) groups is 1. The second-order valence-electron chi connectivity index (χ2n) is 2.49. The molecule has 0 saturated heterocycles. The third kappa shape index (κ3) is 14.9. The van der Waals surface area contributed by atoms with Crippen molar-refractivity contribution in [3.05, 3.63) is 0 Å². The Morgan fingerprint density at radius 3 is 1.53 bits per heavy atom. The Hall–Kier alpha value is 0.642. The molecule has 0 aliphatic rings.